The lowest BCUT2D eigenvalue weighted by atomic mass is 9.99. The molecule has 0 aromatic carbocycles. The van der Waals surface area contributed by atoms with Crippen molar-refractivity contribution in [2.24, 2.45) is 5.92 Å². The summed E-state index contributed by atoms with van der Waals surface area (Å²) < 4.78 is 9.36. The molecule has 7 nitrogen and oxygen atoms in total. The van der Waals surface area contributed by atoms with E-state index >= 15 is 0 Å². The SMILES string of the molecule is CCOC(=O)C(OC(C)=O)C(C(C)C)[N+](=O)[O-]. The summed E-state index contributed by atoms with van der Waals surface area (Å²) in [4.78, 5) is 32.6. The number of nitro groups is 1. The van der Waals surface area contributed by atoms with Crippen molar-refractivity contribution in [3.8, 4) is 0 Å². The molecule has 0 saturated heterocycles. The maximum Gasteiger partial charge on any atom is 0.354 e. The fourth-order valence-corrected chi connectivity index (χ4v) is 1.36. The zero-order valence-corrected chi connectivity index (χ0v) is 10.3. The van der Waals surface area contributed by atoms with E-state index in [-0.39, 0.29) is 6.61 Å². The van der Waals surface area contributed by atoms with Crippen molar-refractivity contribution >= 4 is 11.9 Å². The molecule has 0 aromatic heterocycles. The van der Waals surface area contributed by atoms with Crippen molar-refractivity contribution < 1.29 is 24.0 Å². The van der Waals surface area contributed by atoms with Gasteiger partial charge in [0.2, 0.25) is 0 Å². The third-order valence-corrected chi connectivity index (χ3v) is 2.05. The Morgan fingerprint density at radius 3 is 2.18 bits per heavy atom. The lowest BCUT2D eigenvalue weighted by Gasteiger charge is -2.21. The Kier molecular flexibility index (Phi) is 6.16. The van der Waals surface area contributed by atoms with Crippen LogP contribution in [0.2, 0.25) is 0 Å². The highest BCUT2D eigenvalue weighted by Crippen LogP contribution is 2.15. The van der Waals surface area contributed by atoms with Crippen LogP contribution in [-0.2, 0) is 19.1 Å². The molecule has 0 radical (unpaired) electrons. The summed E-state index contributed by atoms with van der Waals surface area (Å²) in [7, 11) is 0. The van der Waals surface area contributed by atoms with E-state index in [9.17, 15) is 19.7 Å². The molecule has 0 spiro atoms. The summed E-state index contributed by atoms with van der Waals surface area (Å²) >= 11 is 0. The molecule has 0 aliphatic carbocycles. The average molecular weight is 247 g/mol. The van der Waals surface area contributed by atoms with Crippen molar-refractivity contribution in [1.82, 2.24) is 0 Å². The molecule has 0 aromatic rings. The molecule has 0 heterocycles. The second-order valence-corrected chi connectivity index (χ2v) is 3.80. The Morgan fingerprint density at radius 1 is 1.35 bits per heavy atom. The Labute approximate surface area is 99.2 Å². The van der Waals surface area contributed by atoms with E-state index in [1.807, 2.05) is 0 Å². The first-order chi connectivity index (χ1) is 7.81. The van der Waals surface area contributed by atoms with Crippen LogP contribution in [0.1, 0.15) is 27.7 Å². The first-order valence-electron chi connectivity index (χ1n) is 5.28. The van der Waals surface area contributed by atoms with E-state index in [0.29, 0.717) is 0 Å². The molecular formula is C10H17NO6. The first kappa shape index (κ1) is 15.3. The fraction of sp³-hybridized carbons (Fsp3) is 0.800. The minimum Gasteiger partial charge on any atom is -0.463 e. The first-order valence-corrected chi connectivity index (χ1v) is 5.28. The molecule has 0 bridgehead atoms. The number of nitrogens with zero attached hydrogens (tertiary/aromatic N) is 1. The van der Waals surface area contributed by atoms with Gasteiger partial charge in [-0.2, -0.15) is 0 Å². The zero-order chi connectivity index (χ0) is 13.6. The highest BCUT2D eigenvalue weighted by Gasteiger charge is 2.43. The van der Waals surface area contributed by atoms with Gasteiger partial charge in [-0.1, -0.05) is 13.8 Å². The summed E-state index contributed by atoms with van der Waals surface area (Å²) in [5, 5.41) is 10.9. The standard InChI is InChI=1S/C10H17NO6/c1-5-16-10(13)9(17-7(4)12)8(6(2)3)11(14)15/h6,8-9H,5H2,1-4H3. The van der Waals surface area contributed by atoms with E-state index < -0.39 is 34.9 Å². The van der Waals surface area contributed by atoms with Crippen LogP contribution in [0.4, 0.5) is 0 Å². The quantitative estimate of drug-likeness (QED) is 0.391. The molecule has 2 unspecified atom stereocenters. The third-order valence-electron chi connectivity index (χ3n) is 2.05. The number of hydrogen-bond donors (Lipinski definition) is 0. The summed E-state index contributed by atoms with van der Waals surface area (Å²) in [5.74, 6) is -2.10. The Morgan fingerprint density at radius 2 is 1.88 bits per heavy atom. The highest BCUT2D eigenvalue weighted by atomic mass is 16.6. The van der Waals surface area contributed by atoms with Gasteiger partial charge in [0, 0.05) is 17.8 Å². The smallest absolute Gasteiger partial charge is 0.354 e. The van der Waals surface area contributed by atoms with Crippen LogP contribution in [0.25, 0.3) is 0 Å². The van der Waals surface area contributed by atoms with Crippen LogP contribution < -0.4 is 0 Å². The maximum absolute atomic E-state index is 11.5. The molecule has 0 saturated carbocycles. The lowest BCUT2D eigenvalue weighted by molar-refractivity contribution is -0.539. The van der Waals surface area contributed by atoms with Crippen molar-refractivity contribution in [2.75, 3.05) is 6.61 Å². The van der Waals surface area contributed by atoms with Gasteiger partial charge in [-0.05, 0) is 6.92 Å². The van der Waals surface area contributed by atoms with Gasteiger partial charge in [-0.25, -0.2) is 4.79 Å². The van der Waals surface area contributed by atoms with Crippen molar-refractivity contribution in [3.05, 3.63) is 10.1 Å². The molecule has 2 atom stereocenters. The number of esters is 2. The molecule has 0 amide bonds. The average Bonchev–Trinajstić information content (AvgIpc) is 2.15. The van der Waals surface area contributed by atoms with Crippen LogP contribution in [0.15, 0.2) is 0 Å². The number of rotatable bonds is 6. The summed E-state index contributed by atoms with van der Waals surface area (Å²) in [5.41, 5.74) is 0. The van der Waals surface area contributed by atoms with Gasteiger partial charge in [0.25, 0.3) is 12.1 Å². The Balaban J connectivity index is 5.04. The van der Waals surface area contributed by atoms with Gasteiger partial charge >= 0.3 is 11.9 Å². The minimum absolute atomic E-state index is 0.0686. The molecule has 0 aliphatic heterocycles. The van der Waals surface area contributed by atoms with Crippen LogP contribution >= 0.6 is 0 Å². The van der Waals surface area contributed by atoms with Gasteiger partial charge in [-0.3, -0.25) is 14.9 Å². The predicted molar refractivity (Wildman–Crippen MR) is 57.8 cm³/mol. The van der Waals surface area contributed by atoms with Crippen LogP contribution in [-0.4, -0.2) is 35.6 Å². The Bertz CT molecular complexity index is 301. The molecular weight excluding hydrogens is 230 g/mol. The second kappa shape index (κ2) is 6.82. The van der Waals surface area contributed by atoms with Gasteiger partial charge in [0.15, 0.2) is 0 Å². The van der Waals surface area contributed by atoms with E-state index in [4.69, 9.17) is 4.74 Å². The topological polar surface area (TPSA) is 95.7 Å². The second-order valence-electron chi connectivity index (χ2n) is 3.80. The van der Waals surface area contributed by atoms with Crippen molar-refractivity contribution in [2.45, 2.75) is 39.8 Å². The third kappa shape index (κ3) is 4.80. The molecule has 98 valence electrons. The highest BCUT2D eigenvalue weighted by molar-refractivity contribution is 5.79. The summed E-state index contributed by atoms with van der Waals surface area (Å²) in [6.07, 6.45) is -1.50. The van der Waals surface area contributed by atoms with Crippen molar-refractivity contribution in [1.29, 1.82) is 0 Å². The lowest BCUT2D eigenvalue weighted by Crippen LogP contribution is -2.46. The number of carbonyl (C=O) groups excluding carboxylic acids is 2. The van der Waals surface area contributed by atoms with Gasteiger partial charge < -0.3 is 9.47 Å². The summed E-state index contributed by atoms with van der Waals surface area (Å²) in [6.45, 7) is 5.87. The fourth-order valence-electron chi connectivity index (χ4n) is 1.36. The van der Waals surface area contributed by atoms with E-state index in [0.717, 1.165) is 6.92 Å². The molecule has 7 heteroatoms. The monoisotopic (exact) mass is 247 g/mol. The maximum atomic E-state index is 11.5. The van der Waals surface area contributed by atoms with Gasteiger partial charge in [0.1, 0.15) is 0 Å². The number of ether oxygens (including phenoxy) is 2. The molecule has 17 heavy (non-hydrogen) atoms. The largest absolute Gasteiger partial charge is 0.463 e. The molecule has 0 fully saturated rings. The van der Waals surface area contributed by atoms with E-state index in [1.165, 1.54) is 0 Å². The number of carbonyl (C=O) groups is 2. The molecule has 0 aliphatic rings. The molecule has 0 rings (SSSR count). The van der Waals surface area contributed by atoms with Crippen molar-refractivity contribution in [3.63, 3.8) is 0 Å². The van der Waals surface area contributed by atoms with E-state index in [2.05, 4.69) is 4.74 Å². The van der Waals surface area contributed by atoms with Crippen LogP contribution in [0.3, 0.4) is 0 Å². The zero-order valence-electron chi connectivity index (χ0n) is 10.3. The van der Waals surface area contributed by atoms with Gasteiger partial charge in [0.05, 0.1) is 6.61 Å². The van der Waals surface area contributed by atoms with E-state index in [1.54, 1.807) is 20.8 Å². The predicted octanol–water partition coefficient (Wildman–Crippen LogP) is 0.782. The minimum atomic E-state index is -1.50. The summed E-state index contributed by atoms with van der Waals surface area (Å²) in [6, 6.07) is -1.31. The van der Waals surface area contributed by atoms with Crippen LogP contribution in [0, 0.1) is 16.0 Å². The number of hydrogen-bond acceptors (Lipinski definition) is 6. The Hall–Kier alpha value is -1.66. The molecule has 0 N–H and O–H groups in total. The van der Waals surface area contributed by atoms with Crippen LogP contribution in [0.5, 0.6) is 0 Å². The van der Waals surface area contributed by atoms with Gasteiger partial charge in [-0.15, -0.1) is 0 Å². The normalized spacial score (nSPS) is 13.9.